The average molecular weight is 162 g/mol. The van der Waals surface area contributed by atoms with Crippen LogP contribution in [0.4, 0.5) is 0 Å². The fraction of sp³-hybridized carbons (Fsp3) is 0.300. The van der Waals surface area contributed by atoms with Crippen LogP contribution in [0.1, 0.15) is 18.1 Å². The fourth-order valence-electron chi connectivity index (χ4n) is 1.64. The van der Waals surface area contributed by atoms with Crippen LogP contribution in [-0.4, -0.2) is 10.9 Å². The summed E-state index contributed by atoms with van der Waals surface area (Å²) in [7, 11) is 0. The van der Waals surface area contributed by atoms with E-state index in [0.717, 1.165) is 11.1 Å². The summed E-state index contributed by atoms with van der Waals surface area (Å²) in [6.07, 6.45) is 0.364. The molecule has 1 atom stereocenters. The number of benzene rings is 1. The SMILES string of the molecule is CC1(O)C(=O)Cc2ccccc21. The first-order chi connectivity index (χ1) is 5.62. The maximum absolute atomic E-state index is 11.3. The van der Waals surface area contributed by atoms with Gasteiger partial charge in [0.15, 0.2) is 5.78 Å². The molecule has 2 nitrogen and oxygen atoms in total. The molecule has 0 amide bonds. The maximum atomic E-state index is 11.3. The third-order valence-electron chi connectivity index (χ3n) is 2.44. The molecule has 0 fully saturated rings. The monoisotopic (exact) mass is 162 g/mol. The van der Waals surface area contributed by atoms with Crippen LogP contribution in [0, 0.1) is 0 Å². The molecule has 0 heterocycles. The first-order valence-electron chi connectivity index (χ1n) is 3.96. The van der Waals surface area contributed by atoms with Crippen LogP contribution in [0.2, 0.25) is 0 Å². The van der Waals surface area contributed by atoms with Gasteiger partial charge in [0.2, 0.25) is 0 Å². The number of hydrogen-bond donors (Lipinski definition) is 1. The normalized spacial score (nSPS) is 27.3. The molecule has 0 saturated carbocycles. The predicted molar refractivity (Wildman–Crippen MR) is 44.7 cm³/mol. The lowest BCUT2D eigenvalue weighted by Crippen LogP contribution is -2.27. The summed E-state index contributed by atoms with van der Waals surface area (Å²) in [4.78, 5) is 11.3. The smallest absolute Gasteiger partial charge is 0.172 e. The summed E-state index contributed by atoms with van der Waals surface area (Å²) in [5, 5.41) is 9.77. The molecule has 0 aromatic heterocycles. The van der Waals surface area contributed by atoms with Gasteiger partial charge in [-0.05, 0) is 18.1 Å². The number of Topliss-reactive ketones (excluding diaryl/α,β-unsaturated/α-hetero) is 1. The van der Waals surface area contributed by atoms with Gasteiger partial charge in [0.25, 0.3) is 0 Å². The summed E-state index contributed by atoms with van der Waals surface area (Å²) in [5.41, 5.74) is 0.457. The summed E-state index contributed by atoms with van der Waals surface area (Å²) in [6, 6.07) is 7.41. The summed E-state index contributed by atoms with van der Waals surface area (Å²) < 4.78 is 0. The van der Waals surface area contributed by atoms with Gasteiger partial charge < -0.3 is 5.11 Å². The number of carbonyl (C=O) groups excluding carboxylic acids is 1. The van der Waals surface area contributed by atoms with Gasteiger partial charge in [-0.15, -0.1) is 0 Å². The van der Waals surface area contributed by atoms with Crippen molar-refractivity contribution in [1.29, 1.82) is 0 Å². The van der Waals surface area contributed by atoms with Gasteiger partial charge in [-0.25, -0.2) is 0 Å². The molecule has 2 heteroatoms. The Labute approximate surface area is 70.8 Å². The number of fused-ring (bicyclic) bond motifs is 1. The first-order valence-corrected chi connectivity index (χ1v) is 3.96. The number of rotatable bonds is 0. The van der Waals surface area contributed by atoms with E-state index in [1.807, 2.05) is 18.2 Å². The second-order valence-corrected chi connectivity index (χ2v) is 3.33. The Balaban J connectivity index is 2.63. The van der Waals surface area contributed by atoms with Crippen molar-refractivity contribution in [2.24, 2.45) is 0 Å². The van der Waals surface area contributed by atoms with Crippen LogP contribution in [0.5, 0.6) is 0 Å². The van der Waals surface area contributed by atoms with Crippen molar-refractivity contribution in [3.63, 3.8) is 0 Å². The highest BCUT2D eigenvalue weighted by Gasteiger charge is 2.39. The average Bonchev–Trinajstić information content (AvgIpc) is 2.25. The third-order valence-corrected chi connectivity index (χ3v) is 2.44. The number of ketones is 1. The van der Waals surface area contributed by atoms with Gasteiger partial charge in [-0.2, -0.15) is 0 Å². The number of hydrogen-bond acceptors (Lipinski definition) is 2. The standard InChI is InChI=1S/C10H10O2/c1-10(12)8-5-3-2-4-7(8)6-9(10)11/h2-5,12H,6H2,1H3. The van der Waals surface area contributed by atoms with E-state index >= 15 is 0 Å². The molecule has 1 unspecified atom stereocenters. The van der Waals surface area contributed by atoms with Crippen molar-refractivity contribution in [2.45, 2.75) is 18.9 Å². The zero-order valence-corrected chi connectivity index (χ0v) is 6.87. The second kappa shape index (κ2) is 2.17. The first kappa shape index (κ1) is 7.50. The molecule has 0 spiro atoms. The van der Waals surface area contributed by atoms with Crippen LogP contribution in [0.25, 0.3) is 0 Å². The molecule has 1 aromatic carbocycles. The van der Waals surface area contributed by atoms with Gasteiger partial charge in [-0.3, -0.25) is 4.79 Å². The summed E-state index contributed by atoms with van der Waals surface area (Å²) in [6.45, 7) is 1.56. The molecular formula is C10H10O2. The minimum atomic E-state index is -1.25. The highest BCUT2D eigenvalue weighted by Crippen LogP contribution is 2.32. The van der Waals surface area contributed by atoms with E-state index in [9.17, 15) is 9.90 Å². The van der Waals surface area contributed by atoms with Crippen LogP contribution in [-0.2, 0) is 16.8 Å². The van der Waals surface area contributed by atoms with Gasteiger partial charge >= 0.3 is 0 Å². The van der Waals surface area contributed by atoms with E-state index in [1.54, 1.807) is 13.0 Å². The Morgan fingerprint density at radius 3 is 2.75 bits per heavy atom. The molecule has 0 saturated heterocycles. The number of carbonyl (C=O) groups is 1. The molecule has 1 aliphatic carbocycles. The zero-order valence-electron chi connectivity index (χ0n) is 6.87. The molecule has 0 aliphatic heterocycles. The molecule has 2 rings (SSSR count). The highest BCUT2D eigenvalue weighted by atomic mass is 16.3. The summed E-state index contributed by atoms with van der Waals surface area (Å²) in [5.74, 6) is -0.108. The molecule has 1 aromatic rings. The van der Waals surface area contributed by atoms with Gasteiger partial charge in [0.05, 0.1) is 0 Å². The van der Waals surface area contributed by atoms with Gasteiger partial charge in [0, 0.05) is 6.42 Å². The Bertz CT molecular complexity index is 339. The minimum absolute atomic E-state index is 0.108. The second-order valence-electron chi connectivity index (χ2n) is 3.33. The third kappa shape index (κ3) is 0.816. The Kier molecular flexibility index (Phi) is 1.36. The van der Waals surface area contributed by atoms with E-state index < -0.39 is 5.60 Å². The lowest BCUT2D eigenvalue weighted by molar-refractivity contribution is -0.133. The lowest BCUT2D eigenvalue weighted by Gasteiger charge is -2.15. The largest absolute Gasteiger partial charge is 0.378 e. The Hall–Kier alpha value is -1.15. The molecule has 62 valence electrons. The van der Waals surface area contributed by atoms with Crippen LogP contribution in [0.3, 0.4) is 0 Å². The van der Waals surface area contributed by atoms with E-state index in [2.05, 4.69) is 0 Å². The van der Waals surface area contributed by atoms with Crippen LogP contribution >= 0.6 is 0 Å². The van der Waals surface area contributed by atoms with Gasteiger partial charge in [0.1, 0.15) is 5.60 Å². The van der Waals surface area contributed by atoms with Crippen molar-refractivity contribution in [3.05, 3.63) is 35.4 Å². The van der Waals surface area contributed by atoms with Crippen molar-refractivity contribution >= 4 is 5.78 Å². The topological polar surface area (TPSA) is 37.3 Å². The van der Waals surface area contributed by atoms with Gasteiger partial charge in [-0.1, -0.05) is 24.3 Å². The van der Waals surface area contributed by atoms with E-state index in [1.165, 1.54) is 0 Å². The van der Waals surface area contributed by atoms with Crippen LogP contribution < -0.4 is 0 Å². The summed E-state index contributed by atoms with van der Waals surface area (Å²) >= 11 is 0. The molecule has 1 N–H and O–H groups in total. The maximum Gasteiger partial charge on any atom is 0.172 e. The van der Waals surface area contributed by atoms with Crippen molar-refractivity contribution in [1.82, 2.24) is 0 Å². The van der Waals surface area contributed by atoms with Crippen LogP contribution in [0.15, 0.2) is 24.3 Å². The van der Waals surface area contributed by atoms with Crippen molar-refractivity contribution in [3.8, 4) is 0 Å². The predicted octanol–water partition coefficient (Wildman–Crippen LogP) is 1.02. The van der Waals surface area contributed by atoms with Crippen molar-refractivity contribution in [2.75, 3.05) is 0 Å². The van der Waals surface area contributed by atoms with E-state index in [-0.39, 0.29) is 5.78 Å². The molecular weight excluding hydrogens is 152 g/mol. The fourth-order valence-corrected chi connectivity index (χ4v) is 1.64. The lowest BCUT2D eigenvalue weighted by atomic mass is 9.98. The molecule has 0 radical (unpaired) electrons. The molecule has 1 aliphatic rings. The molecule has 0 bridgehead atoms. The zero-order chi connectivity index (χ0) is 8.77. The van der Waals surface area contributed by atoms with Crippen molar-refractivity contribution < 1.29 is 9.90 Å². The molecule has 12 heavy (non-hydrogen) atoms. The van der Waals surface area contributed by atoms with E-state index in [4.69, 9.17) is 0 Å². The minimum Gasteiger partial charge on any atom is -0.378 e. The number of aliphatic hydroxyl groups is 1. The van der Waals surface area contributed by atoms with E-state index in [0.29, 0.717) is 6.42 Å². The Morgan fingerprint density at radius 2 is 2.08 bits per heavy atom. The Morgan fingerprint density at radius 1 is 1.42 bits per heavy atom. The highest BCUT2D eigenvalue weighted by molar-refractivity contribution is 5.94. The quantitative estimate of drug-likeness (QED) is 0.618.